The van der Waals surface area contributed by atoms with Crippen LogP contribution in [0.1, 0.15) is 32.5 Å². The van der Waals surface area contributed by atoms with E-state index >= 15 is 0 Å². The van der Waals surface area contributed by atoms with Crippen LogP contribution in [-0.4, -0.2) is 55.4 Å². The van der Waals surface area contributed by atoms with Crippen LogP contribution >= 0.6 is 0 Å². The third-order valence-electron chi connectivity index (χ3n) is 3.97. The summed E-state index contributed by atoms with van der Waals surface area (Å²) in [5.41, 5.74) is 0.928. The quantitative estimate of drug-likeness (QED) is 0.867. The molecule has 118 valence electrons. The van der Waals surface area contributed by atoms with E-state index in [1.807, 2.05) is 18.3 Å². The minimum absolute atomic E-state index is 0.0488. The summed E-state index contributed by atoms with van der Waals surface area (Å²) >= 11 is 0. The van der Waals surface area contributed by atoms with Crippen molar-refractivity contribution >= 4 is 0 Å². The second-order valence-corrected chi connectivity index (χ2v) is 5.62. The molecule has 2 rings (SSSR count). The second-order valence-electron chi connectivity index (χ2n) is 5.62. The molecule has 1 aromatic heterocycles. The SMILES string of the molecule is CCNC(c1ncccc1OC)C1CN(C(C)C)CCO1. The zero-order valence-electron chi connectivity index (χ0n) is 13.5. The molecule has 1 N–H and O–H groups in total. The van der Waals surface area contributed by atoms with Gasteiger partial charge in [0.05, 0.1) is 25.9 Å². The zero-order chi connectivity index (χ0) is 15.2. The molecule has 1 fully saturated rings. The first-order chi connectivity index (χ1) is 10.2. The average molecular weight is 293 g/mol. The Kier molecular flexibility index (Phi) is 5.96. The predicted octanol–water partition coefficient (Wildman–Crippen LogP) is 1.85. The predicted molar refractivity (Wildman–Crippen MR) is 83.7 cm³/mol. The van der Waals surface area contributed by atoms with E-state index in [0.29, 0.717) is 6.04 Å². The maximum absolute atomic E-state index is 6.03. The molecule has 1 aliphatic rings. The van der Waals surface area contributed by atoms with E-state index in [1.165, 1.54) is 0 Å². The Labute approximate surface area is 127 Å². The number of morpholine rings is 1. The average Bonchev–Trinajstić information content (AvgIpc) is 2.52. The van der Waals surface area contributed by atoms with Crippen LogP contribution in [0.25, 0.3) is 0 Å². The van der Waals surface area contributed by atoms with Crippen LogP contribution in [0.4, 0.5) is 0 Å². The summed E-state index contributed by atoms with van der Waals surface area (Å²) in [5.74, 6) is 0.814. The fourth-order valence-electron chi connectivity index (χ4n) is 2.80. The topological polar surface area (TPSA) is 46.6 Å². The Morgan fingerprint density at radius 2 is 2.33 bits per heavy atom. The van der Waals surface area contributed by atoms with E-state index in [2.05, 4.69) is 36.0 Å². The number of pyridine rings is 1. The van der Waals surface area contributed by atoms with Crippen molar-refractivity contribution in [1.29, 1.82) is 0 Å². The summed E-state index contributed by atoms with van der Waals surface area (Å²) in [7, 11) is 1.69. The largest absolute Gasteiger partial charge is 0.495 e. The van der Waals surface area contributed by atoms with Gasteiger partial charge < -0.3 is 14.8 Å². The summed E-state index contributed by atoms with van der Waals surface area (Å²) in [6.45, 7) is 10.1. The summed E-state index contributed by atoms with van der Waals surface area (Å²) in [4.78, 5) is 6.98. The maximum atomic E-state index is 6.03. The fourth-order valence-corrected chi connectivity index (χ4v) is 2.80. The molecule has 5 heteroatoms. The van der Waals surface area contributed by atoms with E-state index < -0.39 is 0 Å². The molecule has 21 heavy (non-hydrogen) atoms. The van der Waals surface area contributed by atoms with Crippen molar-refractivity contribution in [2.75, 3.05) is 33.4 Å². The number of likely N-dealkylation sites (N-methyl/N-ethyl adjacent to an activating group) is 1. The van der Waals surface area contributed by atoms with Gasteiger partial charge in [0, 0.05) is 25.3 Å². The molecule has 2 unspecified atom stereocenters. The van der Waals surface area contributed by atoms with Gasteiger partial charge in [0.1, 0.15) is 11.4 Å². The van der Waals surface area contributed by atoms with E-state index in [9.17, 15) is 0 Å². The number of ether oxygens (including phenoxy) is 2. The lowest BCUT2D eigenvalue weighted by atomic mass is 10.0. The van der Waals surface area contributed by atoms with Gasteiger partial charge in [-0.3, -0.25) is 9.88 Å². The van der Waals surface area contributed by atoms with Crippen LogP contribution in [0.2, 0.25) is 0 Å². The van der Waals surface area contributed by atoms with E-state index in [-0.39, 0.29) is 12.1 Å². The highest BCUT2D eigenvalue weighted by atomic mass is 16.5. The number of nitrogens with one attached hydrogen (secondary N) is 1. The molecule has 0 radical (unpaired) electrons. The number of methoxy groups -OCH3 is 1. The van der Waals surface area contributed by atoms with Crippen LogP contribution in [0.3, 0.4) is 0 Å². The van der Waals surface area contributed by atoms with Crippen molar-refractivity contribution in [2.45, 2.75) is 39.0 Å². The molecule has 0 bridgehead atoms. The van der Waals surface area contributed by atoms with Crippen LogP contribution in [-0.2, 0) is 4.74 Å². The molecule has 1 saturated heterocycles. The Bertz CT molecular complexity index is 439. The molecular weight excluding hydrogens is 266 g/mol. The van der Waals surface area contributed by atoms with Crippen LogP contribution in [0, 0.1) is 0 Å². The van der Waals surface area contributed by atoms with Crippen molar-refractivity contribution in [3.05, 3.63) is 24.0 Å². The smallest absolute Gasteiger partial charge is 0.142 e. The van der Waals surface area contributed by atoms with Crippen molar-refractivity contribution in [3.8, 4) is 5.75 Å². The van der Waals surface area contributed by atoms with E-state index in [4.69, 9.17) is 9.47 Å². The van der Waals surface area contributed by atoms with Gasteiger partial charge in [0.2, 0.25) is 0 Å². The lowest BCUT2D eigenvalue weighted by Gasteiger charge is -2.39. The molecule has 0 spiro atoms. The first kappa shape index (κ1) is 16.2. The minimum atomic E-state index is 0.0488. The normalized spacial score (nSPS) is 21.5. The van der Waals surface area contributed by atoms with E-state index in [0.717, 1.165) is 37.7 Å². The van der Waals surface area contributed by atoms with Gasteiger partial charge in [-0.1, -0.05) is 6.92 Å². The number of aromatic nitrogens is 1. The van der Waals surface area contributed by atoms with Crippen molar-refractivity contribution in [2.24, 2.45) is 0 Å². The van der Waals surface area contributed by atoms with Crippen LogP contribution in [0.5, 0.6) is 5.75 Å². The number of rotatable bonds is 6. The van der Waals surface area contributed by atoms with Crippen molar-refractivity contribution in [1.82, 2.24) is 15.2 Å². The minimum Gasteiger partial charge on any atom is -0.495 e. The molecule has 0 saturated carbocycles. The van der Waals surface area contributed by atoms with Gasteiger partial charge in [-0.15, -0.1) is 0 Å². The third-order valence-corrected chi connectivity index (χ3v) is 3.97. The summed E-state index contributed by atoms with van der Waals surface area (Å²) in [5, 5.41) is 3.51. The molecule has 1 aromatic rings. The number of hydrogen-bond donors (Lipinski definition) is 1. The van der Waals surface area contributed by atoms with Crippen LogP contribution < -0.4 is 10.1 Å². The lowest BCUT2D eigenvalue weighted by Crippen LogP contribution is -2.50. The second kappa shape index (κ2) is 7.73. The van der Waals surface area contributed by atoms with E-state index in [1.54, 1.807) is 7.11 Å². The standard InChI is InChI=1S/C16H27N3O2/c1-5-17-16(15-13(20-4)7-6-8-18-15)14-11-19(12(2)3)9-10-21-14/h6-8,12,14,16-17H,5,9-11H2,1-4H3. The summed E-state index contributed by atoms with van der Waals surface area (Å²) in [6, 6.07) is 4.43. The van der Waals surface area contributed by atoms with Gasteiger partial charge in [-0.25, -0.2) is 0 Å². The maximum Gasteiger partial charge on any atom is 0.142 e. The van der Waals surface area contributed by atoms with Crippen molar-refractivity contribution in [3.63, 3.8) is 0 Å². The van der Waals surface area contributed by atoms with Gasteiger partial charge >= 0.3 is 0 Å². The van der Waals surface area contributed by atoms with Crippen molar-refractivity contribution < 1.29 is 9.47 Å². The number of hydrogen-bond acceptors (Lipinski definition) is 5. The van der Waals surface area contributed by atoms with Gasteiger partial charge in [-0.2, -0.15) is 0 Å². The lowest BCUT2D eigenvalue weighted by molar-refractivity contribution is -0.0567. The highest BCUT2D eigenvalue weighted by molar-refractivity contribution is 5.30. The highest BCUT2D eigenvalue weighted by Gasteiger charge is 2.32. The molecular formula is C16H27N3O2. The Balaban J connectivity index is 2.21. The van der Waals surface area contributed by atoms with Gasteiger partial charge in [0.25, 0.3) is 0 Å². The Morgan fingerprint density at radius 1 is 1.52 bits per heavy atom. The highest BCUT2D eigenvalue weighted by Crippen LogP contribution is 2.28. The molecule has 2 heterocycles. The Hall–Kier alpha value is -1.17. The summed E-state index contributed by atoms with van der Waals surface area (Å²) in [6.07, 6.45) is 1.90. The van der Waals surface area contributed by atoms with Gasteiger partial charge in [0.15, 0.2) is 0 Å². The first-order valence-electron chi connectivity index (χ1n) is 7.75. The molecule has 2 atom stereocenters. The molecule has 1 aliphatic heterocycles. The zero-order valence-corrected chi connectivity index (χ0v) is 13.5. The fraction of sp³-hybridized carbons (Fsp3) is 0.688. The number of nitrogens with zero attached hydrogens (tertiary/aromatic N) is 2. The summed E-state index contributed by atoms with van der Waals surface area (Å²) < 4.78 is 11.5. The van der Waals surface area contributed by atoms with Gasteiger partial charge in [-0.05, 0) is 32.5 Å². The third kappa shape index (κ3) is 3.93. The molecule has 0 aromatic carbocycles. The monoisotopic (exact) mass is 293 g/mol. The molecule has 0 amide bonds. The first-order valence-corrected chi connectivity index (χ1v) is 7.75. The molecule has 5 nitrogen and oxygen atoms in total. The molecule has 0 aliphatic carbocycles. The Morgan fingerprint density at radius 3 is 3.00 bits per heavy atom. The van der Waals surface area contributed by atoms with Crippen LogP contribution in [0.15, 0.2) is 18.3 Å².